The molecule has 7 nitrogen and oxygen atoms in total. The molecule has 1 heterocycles. The number of aliphatic hydroxyl groups excluding tert-OH is 1. The number of methoxy groups -OCH3 is 1. The largest absolute Gasteiger partial charge is 0.469 e. The van der Waals surface area contributed by atoms with Crippen LogP contribution < -0.4 is 4.72 Å². The van der Waals surface area contributed by atoms with Crippen molar-refractivity contribution in [1.29, 1.82) is 0 Å². The van der Waals surface area contributed by atoms with Gasteiger partial charge >= 0.3 is 5.97 Å². The first kappa shape index (κ1) is 21.4. The standard InChI is InChI=1S/C18H23ClN2O5S/c1-21-14(5-8-16(21)17(22)9-10-18(23)26-2)11-12-20-27(24,25)15-6-3-13(19)4-7-15/h3-8,17,20,22H,9-12H2,1-2H3. The van der Waals surface area contributed by atoms with Gasteiger partial charge in [0.15, 0.2) is 0 Å². The summed E-state index contributed by atoms with van der Waals surface area (Å²) < 4.78 is 33.5. The summed E-state index contributed by atoms with van der Waals surface area (Å²) in [6, 6.07) is 9.54. The van der Waals surface area contributed by atoms with Crippen molar-refractivity contribution in [3.8, 4) is 0 Å². The van der Waals surface area contributed by atoms with Gasteiger partial charge in [0.2, 0.25) is 10.0 Å². The number of hydrogen-bond acceptors (Lipinski definition) is 5. The lowest BCUT2D eigenvalue weighted by Gasteiger charge is -2.13. The number of sulfonamides is 1. The number of rotatable bonds is 9. The molecule has 2 rings (SSSR count). The predicted molar refractivity (Wildman–Crippen MR) is 102 cm³/mol. The Bertz CT molecular complexity index is 878. The van der Waals surface area contributed by atoms with Crippen molar-refractivity contribution in [3.05, 3.63) is 52.8 Å². The monoisotopic (exact) mass is 414 g/mol. The zero-order valence-corrected chi connectivity index (χ0v) is 16.8. The minimum absolute atomic E-state index is 0.124. The summed E-state index contributed by atoms with van der Waals surface area (Å²) in [6.07, 6.45) is 0.0350. The number of hydrogen-bond donors (Lipinski definition) is 2. The lowest BCUT2D eigenvalue weighted by Crippen LogP contribution is -2.26. The van der Waals surface area contributed by atoms with E-state index in [2.05, 4.69) is 9.46 Å². The van der Waals surface area contributed by atoms with Crippen molar-refractivity contribution in [3.63, 3.8) is 0 Å². The highest BCUT2D eigenvalue weighted by Crippen LogP contribution is 2.21. The minimum Gasteiger partial charge on any atom is -0.469 e. The van der Waals surface area contributed by atoms with E-state index in [1.807, 2.05) is 6.07 Å². The van der Waals surface area contributed by atoms with E-state index in [4.69, 9.17) is 11.6 Å². The fourth-order valence-electron chi connectivity index (χ4n) is 2.67. The van der Waals surface area contributed by atoms with Crippen molar-refractivity contribution in [2.24, 2.45) is 7.05 Å². The van der Waals surface area contributed by atoms with Crippen LogP contribution in [0.15, 0.2) is 41.3 Å². The van der Waals surface area contributed by atoms with Crippen molar-refractivity contribution in [2.75, 3.05) is 13.7 Å². The number of carbonyl (C=O) groups is 1. The molecule has 0 saturated heterocycles. The van der Waals surface area contributed by atoms with Crippen molar-refractivity contribution >= 4 is 27.6 Å². The molecule has 9 heteroatoms. The van der Waals surface area contributed by atoms with Gasteiger partial charge in [-0.05, 0) is 42.8 Å². The molecule has 1 atom stereocenters. The number of halogens is 1. The normalized spacial score (nSPS) is 12.7. The van der Waals surface area contributed by atoms with E-state index >= 15 is 0 Å². The molecule has 148 valence electrons. The fraction of sp³-hybridized carbons (Fsp3) is 0.389. The molecule has 1 aromatic carbocycles. The second-order valence-electron chi connectivity index (χ2n) is 6.04. The van der Waals surface area contributed by atoms with Crippen LogP contribution in [0.5, 0.6) is 0 Å². The topological polar surface area (TPSA) is 97.6 Å². The molecule has 0 bridgehead atoms. The van der Waals surface area contributed by atoms with E-state index in [0.717, 1.165) is 5.69 Å². The van der Waals surface area contributed by atoms with Crippen molar-refractivity contribution in [1.82, 2.24) is 9.29 Å². The average molecular weight is 415 g/mol. The molecule has 27 heavy (non-hydrogen) atoms. The summed E-state index contributed by atoms with van der Waals surface area (Å²) in [4.78, 5) is 11.3. The molecular formula is C18H23ClN2O5S. The Hall–Kier alpha value is -1.87. The summed E-state index contributed by atoms with van der Waals surface area (Å²) >= 11 is 5.78. The molecule has 2 aromatic rings. The summed E-state index contributed by atoms with van der Waals surface area (Å²) in [5.74, 6) is -0.375. The molecule has 0 fully saturated rings. The maximum absolute atomic E-state index is 12.3. The molecule has 0 saturated carbocycles. The van der Waals surface area contributed by atoms with E-state index in [9.17, 15) is 18.3 Å². The molecular weight excluding hydrogens is 392 g/mol. The van der Waals surface area contributed by atoms with Crippen molar-refractivity contribution < 1.29 is 23.1 Å². The van der Waals surface area contributed by atoms with E-state index in [0.29, 0.717) is 17.1 Å². The highest BCUT2D eigenvalue weighted by Gasteiger charge is 2.17. The maximum Gasteiger partial charge on any atom is 0.305 e. The Morgan fingerprint density at radius 3 is 2.56 bits per heavy atom. The predicted octanol–water partition coefficient (Wildman–Crippen LogP) is 2.19. The first-order valence-corrected chi connectivity index (χ1v) is 10.3. The Morgan fingerprint density at radius 2 is 1.93 bits per heavy atom. The minimum atomic E-state index is -3.61. The van der Waals surface area contributed by atoms with Gasteiger partial charge in [-0.15, -0.1) is 0 Å². The van der Waals surface area contributed by atoms with Crippen LogP contribution in [0.25, 0.3) is 0 Å². The number of carbonyl (C=O) groups excluding carboxylic acids is 1. The Kier molecular flexibility index (Phi) is 7.43. The number of nitrogens with one attached hydrogen (secondary N) is 1. The van der Waals surface area contributed by atoms with Gasteiger partial charge in [0.1, 0.15) is 0 Å². The number of nitrogens with zero attached hydrogens (tertiary/aromatic N) is 1. The molecule has 2 N–H and O–H groups in total. The second-order valence-corrected chi connectivity index (χ2v) is 8.24. The van der Waals surface area contributed by atoms with E-state index in [1.165, 1.54) is 31.4 Å². The van der Waals surface area contributed by atoms with Gasteiger partial charge in [-0.1, -0.05) is 11.6 Å². The van der Waals surface area contributed by atoms with E-state index in [1.54, 1.807) is 17.7 Å². The number of aliphatic hydroxyl groups is 1. The molecule has 0 aliphatic carbocycles. The number of benzene rings is 1. The van der Waals surface area contributed by atoms with Crippen LogP contribution in [0.1, 0.15) is 30.3 Å². The quantitative estimate of drug-likeness (QED) is 0.613. The first-order chi connectivity index (χ1) is 12.7. The zero-order valence-electron chi connectivity index (χ0n) is 15.2. The van der Waals surface area contributed by atoms with Crippen LogP contribution in [0.4, 0.5) is 0 Å². The van der Waals surface area contributed by atoms with Crippen LogP contribution in [0, 0.1) is 0 Å². The third kappa shape index (κ3) is 5.80. The zero-order chi connectivity index (χ0) is 20.0. The average Bonchev–Trinajstić information content (AvgIpc) is 3.00. The Morgan fingerprint density at radius 1 is 1.26 bits per heavy atom. The molecule has 0 aliphatic heterocycles. The molecule has 1 aromatic heterocycles. The third-order valence-corrected chi connectivity index (χ3v) is 5.98. The van der Waals surface area contributed by atoms with E-state index in [-0.39, 0.29) is 30.3 Å². The summed E-state index contributed by atoms with van der Waals surface area (Å²) in [5, 5.41) is 10.7. The smallest absolute Gasteiger partial charge is 0.305 e. The Labute approximate surface area is 164 Å². The molecule has 0 aliphatic rings. The van der Waals surface area contributed by atoms with Gasteiger partial charge in [0.25, 0.3) is 0 Å². The number of esters is 1. The SMILES string of the molecule is COC(=O)CCC(O)c1ccc(CCNS(=O)(=O)c2ccc(Cl)cc2)n1C. The van der Waals surface area contributed by atoms with Crippen LogP contribution in [-0.4, -0.2) is 37.7 Å². The Balaban J connectivity index is 1.94. The maximum atomic E-state index is 12.3. The molecule has 0 spiro atoms. The highest BCUT2D eigenvalue weighted by molar-refractivity contribution is 7.89. The number of ether oxygens (including phenoxy) is 1. The van der Waals surface area contributed by atoms with Crippen molar-refractivity contribution in [2.45, 2.75) is 30.3 Å². The number of aromatic nitrogens is 1. The third-order valence-electron chi connectivity index (χ3n) is 4.25. The van der Waals surface area contributed by atoms with E-state index < -0.39 is 16.1 Å². The molecule has 0 radical (unpaired) electrons. The van der Waals surface area contributed by atoms with Crippen LogP contribution in [0.3, 0.4) is 0 Å². The van der Waals surface area contributed by atoms with Crippen LogP contribution in [0.2, 0.25) is 5.02 Å². The van der Waals surface area contributed by atoms with Gasteiger partial charge in [-0.3, -0.25) is 4.79 Å². The molecule has 0 amide bonds. The summed E-state index contributed by atoms with van der Waals surface area (Å²) in [5.41, 5.74) is 1.52. The van der Waals surface area contributed by atoms with Crippen LogP contribution >= 0.6 is 11.6 Å². The highest BCUT2D eigenvalue weighted by atomic mass is 35.5. The molecule has 1 unspecified atom stereocenters. The van der Waals surface area contributed by atoms with Gasteiger partial charge < -0.3 is 14.4 Å². The first-order valence-electron chi connectivity index (χ1n) is 8.39. The van der Waals surface area contributed by atoms with Gasteiger partial charge in [-0.2, -0.15) is 0 Å². The van der Waals surface area contributed by atoms with Crippen LogP contribution in [-0.2, 0) is 33.0 Å². The van der Waals surface area contributed by atoms with Gasteiger partial charge in [-0.25, -0.2) is 13.1 Å². The fourth-order valence-corrected chi connectivity index (χ4v) is 3.83. The van der Waals surface area contributed by atoms with Gasteiger partial charge in [0.05, 0.1) is 18.1 Å². The lowest BCUT2D eigenvalue weighted by atomic mass is 10.1. The second kappa shape index (κ2) is 9.36. The lowest BCUT2D eigenvalue weighted by molar-refractivity contribution is -0.141. The van der Waals surface area contributed by atoms with Gasteiger partial charge in [0, 0.05) is 42.8 Å². The summed E-state index contributed by atoms with van der Waals surface area (Å²) in [6.45, 7) is 0.209. The summed E-state index contributed by atoms with van der Waals surface area (Å²) in [7, 11) is -0.512.